The van der Waals surface area contributed by atoms with Crippen molar-refractivity contribution in [2.45, 2.75) is 20.4 Å². The molecule has 3 aromatic rings. The van der Waals surface area contributed by atoms with Crippen molar-refractivity contribution in [3.05, 3.63) is 77.2 Å². The predicted octanol–water partition coefficient (Wildman–Crippen LogP) is 3.33. The van der Waals surface area contributed by atoms with Crippen molar-refractivity contribution in [2.24, 2.45) is 0 Å². The van der Waals surface area contributed by atoms with Crippen LogP contribution in [0.2, 0.25) is 0 Å². The van der Waals surface area contributed by atoms with Crippen LogP contribution in [0.5, 0.6) is 0 Å². The van der Waals surface area contributed by atoms with Crippen LogP contribution in [0.25, 0.3) is 11.5 Å². The van der Waals surface area contributed by atoms with Crippen molar-refractivity contribution in [2.75, 3.05) is 6.54 Å². The number of hydrogen-bond acceptors (Lipinski definition) is 4. The number of aryl methyl sites for hydroxylation is 1. The Morgan fingerprint density at radius 3 is 2.52 bits per heavy atom. The Balaban J connectivity index is 1.69. The summed E-state index contributed by atoms with van der Waals surface area (Å²) in [5, 5.41) is 5.57. The van der Waals surface area contributed by atoms with Crippen molar-refractivity contribution < 1.29 is 14.0 Å². The van der Waals surface area contributed by atoms with Crippen LogP contribution in [0.4, 0.5) is 0 Å². The zero-order valence-electron chi connectivity index (χ0n) is 15.3. The van der Waals surface area contributed by atoms with Gasteiger partial charge < -0.3 is 15.1 Å². The molecule has 0 aliphatic rings. The Morgan fingerprint density at radius 2 is 1.78 bits per heavy atom. The van der Waals surface area contributed by atoms with Gasteiger partial charge in [0.15, 0.2) is 0 Å². The second-order valence-electron chi connectivity index (χ2n) is 6.04. The lowest BCUT2D eigenvalue weighted by molar-refractivity contribution is 0.0922. The third kappa shape index (κ3) is 4.41. The molecule has 0 saturated carbocycles. The minimum Gasteiger partial charge on any atom is -0.431 e. The van der Waals surface area contributed by atoms with E-state index in [1.165, 1.54) is 0 Å². The molecule has 1 aromatic heterocycles. The van der Waals surface area contributed by atoms with Crippen LogP contribution in [0.1, 0.15) is 39.1 Å². The normalized spacial score (nSPS) is 10.4. The largest absolute Gasteiger partial charge is 0.431 e. The lowest BCUT2D eigenvalue weighted by atomic mass is 10.1. The molecular formula is C21H21N3O3. The molecule has 0 spiro atoms. The number of carbonyl (C=O) groups is 2. The van der Waals surface area contributed by atoms with E-state index < -0.39 is 0 Å². The molecule has 0 atom stereocenters. The summed E-state index contributed by atoms with van der Waals surface area (Å²) in [7, 11) is 0. The number of carbonyl (C=O) groups excluding carboxylic acids is 2. The second-order valence-corrected chi connectivity index (χ2v) is 6.04. The summed E-state index contributed by atoms with van der Waals surface area (Å²) in [5.74, 6) is 0.125. The monoisotopic (exact) mass is 363 g/mol. The molecule has 1 heterocycles. The molecule has 2 N–H and O–H groups in total. The van der Waals surface area contributed by atoms with E-state index in [0.29, 0.717) is 23.7 Å². The van der Waals surface area contributed by atoms with Crippen LogP contribution in [0.3, 0.4) is 0 Å². The highest BCUT2D eigenvalue weighted by Gasteiger charge is 2.18. The van der Waals surface area contributed by atoms with Crippen molar-refractivity contribution in [1.29, 1.82) is 0 Å². The maximum atomic E-state index is 12.5. The Morgan fingerprint density at radius 1 is 1.00 bits per heavy atom. The zero-order chi connectivity index (χ0) is 19.2. The average Bonchev–Trinajstić information content (AvgIpc) is 3.09. The molecule has 6 nitrogen and oxygen atoms in total. The van der Waals surface area contributed by atoms with Crippen molar-refractivity contribution in [1.82, 2.24) is 15.6 Å². The first-order valence-corrected chi connectivity index (χ1v) is 8.76. The smallest absolute Gasteiger partial charge is 0.289 e. The highest BCUT2D eigenvalue weighted by atomic mass is 16.4. The van der Waals surface area contributed by atoms with Gasteiger partial charge in [0, 0.05) is 24.2 Å². The molecule has 27 heavy (non-hydrogen) atoms. The van der Waals surface area contributed by atoms with Gasteiger partial charge >= 0.3 is 0 Å². The number of oxazole rings is 1. The molecule has 0 radical (unpaired) electrons. The molecule has 0 aliphatic heterocycles. The number of nitrogens with zero attached hydrogens (tertiary/aromatic N) is 1. The van der Waals surface area contributed by atoms with Gasteiger partial charge in [-0.05, 0) is 43.7 Å². The highest BCUT2D eigenvalue weighted by Crippen LogP contribution is 2.21. The Kier molecular flexibility index (Phi) is 5.66. The van der Waals surface area contributed by atoms with Gasteiger partial charge in [0.1, 0.15) is 0 Å². The molecule has 0 unspecified atom stereocenters. The maximum absolute atomic E-state index is 12.5. The van der Waals surface area contributed by atoms with E-state index >= 15 is 0 Å². The molecule has 0 saturated heterocycles. The molecule has 3 rings (SSSR count). The predicted molar refractivity (Wildman–Crippen MR) is 102 cm³/mol. The Bertz CT molecular complexity index is 948. The van der Waals surface area contributed by atoms with Gasteiger partial charge in [0.05, 0.1) is 5.69 Å². The van der Waals surface area contributed by atoms with Crippen LogP contribution in [0, 0.1) is 6.92 Å². The first-order valence-electron chi connectivity index (χ1n) is 8.76. The van der Waals surface area contributed by atoms with Crippen molar-refractivity contribution in [3.8, 4) is 11.5 Å². The summed E-state index contributed by atoms with van der Waals surface area (Å²) >= 11 is 0. The number of benzene rings is 2. The minimum atomic E-state index is -0.342. The van der Waals surface area contributed by atoms with Crippen molar-refractivity contribution >= 4 is 11.8 Å². The van der Waals surface area contributed by atoms with E-state index in [4.69, 9.17) is 4.42 Å². The van der Waals surface area contributed by atoms with Crippen LogP contribution in [-0.2, 0) is 6.54 Å². The standard InChI is InChI=1S/C21H21N3O3/c1-3-22-19(25)17-11-7-8-15(12-17)13-23-20(26)18-14(2)24-21(27-18)16-9-5-4-6-10-16/h4-12H,3,13H2,1-2H3,(H,22,25)(H,23,26). The first-order chi connectivity index (χ1) is 13.1. The minimum absolute atomic E-state index is 0.135. The van der Waals surface area contributed by atoms with Gasteiger partial charge in [-0.15, -0.1) is 0 Å². The van der Waals surface area contributed by atoms with Gasteiger partial charge in [-0.3, -0.25) is 9.59 Å². The fourth-order valence-electron chi connectivity index (χ4n) is 2.66. The highest BCUT2D eigenvalue weighted by molar-refractivity contribution is 5.94. The summed E-state index contributed by atoms with van der Waals surface area (Å²) in [5.41, 5.74) is 2.73. The van der Waals surface area contributed by atoms with Crippen molar-refractivity contribution in [3.63, 3.8) is 0 Å². The molecule has 0 aliphatic carbocycles. The van der Waals surface area contributed by atoms with E-state index in [0.717, 1.165) is 11.1 Å². The summed E-state index contributed by atoms with van der Waals surface area (Å²) in [4.78, 5) is 28.7. The lowest BCUT2D eigenvalue weighted by Gasteiger charge is -2.07. The zero-order valence-corrected chi connectivity index (χ0v) is 15.3. The lowest BCUT2D eigenvalue weighted by Crippen LogP contribution is -2.24. The summed E-state index contributed by atoms with van der Waals surface area (Å²) in [6, 6.07) is 16.6. The molecular weight excluding hydrogens is 342 g/mol. The number of rotatable bonds is 6. The van der Waals surface area contributed by atoms with Crippen LogP contribution < -0.4 is 10.6 Å². The third-order valence-electron chi connectivity index (χ3n) is 4.00. The summed E-state index contributed by atoms with van der Waals surface area (Å²) < 4.78 is 5.66. The van der Waals surface area contributed by atoms with Gasteiger partial charge in [-0.25, -0.2) is 4.98 Å². The van der Waals surface area contributed by atoms with Gasteiger partial charge in [0.2, 0.25) is 11.7 Å². The Labute approximate surface area is 157 Å². The maximum Gasteiger partial charge on any atom is 0.289 e. The first kappa shape index (κ1) is 18.4. The van der Waals surface area contributed by atoms with E-state index in [1.54, 1.807) is 25.1 Å². The van der Waals surface area contributed by atoms with Crippen LogP contribution in [-0.4, -0.2) is 23.3 Å². The second kappa shape index (κ2) is 8.31. The molecule has 0 bridgehead atoms. The Hall–Kier alpha value is -3.41. The number of aromatic nitrogens is 1. The fraction of sp³-hybridized carbons (Fsp3) is 0.190. The third-order valence-corrected chi connectivity index (χ3v) is 4.00. The van der Waals surface area contributed by atoms with Gasteiger partial charge in [0.25, 0.3) is 11.8 Å². The molecule has 138 valence electrons. The van der Waals surface area contributed by atoms with E-state index in [1.807, 2.05) is 43.3 Å². The molecule has 2 amide bonds. The molecule has 0 fully saturated rings. The average molecular weight is 363 g/mol. The molecule has 6 heteroatoms. The van der Waals surface area contributed by atoms with Gasteiger partial charge in [-0.1, -0.05) is 30.3 Å². The summed E-state index contributed by atoms with van der Waals surface area (Å²) in [6.07, 6.45) is 0. The topological polar surface area (TPSA) is 84.2 Å². The number of amides is 2. The van der Waals surface area contributed by atoms with Crippen LogP contribution in [0.15, 0.2) is 59.0 Å². The fourth-order valence-corrected chi connectivity index (χ4v) is 2.66. The summed E-state index contributed by atoms with van der Waals surface area (Å²) in [6.45, 7) is 4.45. The SMILES string of the molecule is CCNC(=O)c1cccc(CNC(=O)c2oc(-c3ccccc3)nc2C)c1. The molecule has 2 aromatic carbocycles. The van der Waals surface area contributed by atoms with Gasteiger partial charge in [-0.2, -0.15) is 0 Å². The van der Waals surface area contributed by atoms with E-state index in [9.17, 15) is 9.59 Å². The quantitative estimate of drug-likeness (QED) is 0.704. The number of nitrogens with one attached hydrogen (secondary N) is 2. The van der Waals surface area contributed by atoms with Crippen LogP contribution >= 0.6 is 0 Å². The number of hydrogen-bond donors (Lipinski definition) is 2. The van der Waals surface area contributed by atoms with E-state index in [2.05, 4.69) is 15.6 Å². The van der Waals surface area contributed by atoms with E-state index in [-0.39, 0.29) is 24.1 Å².